The summed E-state index contributed by atoms with van der Waals surface area (Å²) in [6, 6.07) is 3.53. The number of pyridine rings is 1. The van der Waals surface area contributed by atoms with Crippen molar-refractivity contribution in [3.05, 3.63) is 23.4 Å². The molecule has 1 amide bonds. The zero-order chi connectivity index (χ0) is 15.2. The van der Waals surface area contributed by atoms with Crippen molar-refractivity contribution in [3.63, 3.8) is 0 Å². The molecule has 0 aromatic carbocycles. The number of amides is 1. The van der Waals surface area contributed by atoms with Crippen molar-refractivity contribution in [2.75, 3.05) is 32.5 Å². The molecular weight excluding hydrogens is 266 g/mol. The Bertz CT molecular complexity index is 484. The number of carbonyl (C=O) groups excluding carboxylic acids is 1. The summed E-state index contributed by atoms with van der Waals surface area (Å²) in [4.78, 5) is 18.6. The molecule has 21 heavy (non-hydrogen) atoms. The van der Waals surface area contributed by atoms with Crippen LogP contribution >= 0.6 is 0 Å². The van der Waals surface area contributed by atoms with Crippen LogP contribution < -0.4 is 5.73 Å². The summed E-state index contributed by atoms with van der Waals surface area (Å²) < 4.78 is 5.36. The average molecular weight is 291 g/mol. The maximum absolute atomic E-state index is 12.5. The topological polar surface area (TPSA) is 68.5 Å². The number of aromatic nitrogens is 1. The standard InChI is InChI=1S/C16H25N3O2/c1-3-4-14-9-13(10-15(17)18-14)16(20)19(2)11-12-5-7-21-8-6-12/h9-10,12H,3-8,11H2,1-2H3,(H2,17,18). The van der Waals surface area contributed by atoms with Gasteiger partial charge in [0.05, 0.1) is 0 Å². The zero-order valence-electron chi connectivity index (χ0n) is 13.0. The van der Waals surface area contributed by atoms with E-state index in [9.17, 15) is 4.79 Å². The van der Waals surface area contributed by atoms with Gasteiger partial charge in [0.2, 0.25) is 0 Å². The highest BCUT2D eigenvalue weighted by Crippen LogP contribution is 2.17. The van der Waals surface area contributed by atoms with Gasteiger partial charge in [-0.1, -0.05) is 13.3 Å². The molecule has 1 aromatic heterocycles. The Hall–Kier alpha value is -1.62. The first-order valence-corrected chi connectivity index (χ1v) is 7.69. The molecular formula is C16H25N3O2. The Morgan fingerprint density at radius 1 is 1.43 bits per heavy atom. The van der Waals surface area contributed by atoms with Crippen molar-refractivity contribution in [2.24, 2.45) is 5.92 Å². The molecule has 116 valence electrons. The summed E-state index contributed by atoms with van der Waals surface area (Å²) >= 11 is 0. The minimum atomic E-state index is 0.0212. The number of anilines is 1. The van der Waals surface area contributed by atoms with Crippen molar-refractivity contribution < 1.29 is 9.53 Å². The van der Waals surface area contributed by atoms with Crippen molar-refractivity contribution in [1.29, 1.82) is 0 Å². The van der Waals surface area contributed by atoms with Crippen molar-refractivity contribution in [1.82, 2.24) is 9.88 Å². The van der Waals surface area contributed by atoms with Gasteiger partial charge in [0.1, 0.15) is 5.82 Å². The van der Waals surface area contributed by atoms with Crippen molar-refractivity contribution in [3.8, 4) is 0 Å². The number of nitrogen functional groups attached to an aromatic ring is 1. The zero-order valence-corrected chi connectivity index (χ0v) is 13.0. The number of hydrogen-bond acceptors (Lipinski definition) is 4. The van der Waals surface area contributed by atoms with Crippen LogP contribution in [-0.2, 0) is 11.2 Å². The smallest absolute Gasteiger partial charge is 0.253 e. The first kappa shape index (κ1) is 15.8. The van der Waals surface area contributed by atoms with Crippen molar-refractivity contribution in [2.45, 2.75) is 32.6 Å². The summed E-state index contributed by atoms with van der Waals surface area (Å²) in [5.41, 5.74) is 7.34. The summed E-state index contributed by atoms with van der Waals surface area (Å²) in [7, 11) is 1.86. The van der Waals surface area contributed by atoms with E-state index in [4.69, 9.17) is 10.5 Å². The van der Waals surface area contributed by atoms with Crippen LogP contribution in [0.1, 0.15) is 42.2 Å². The molecule has 0 spiro atoms. The SMILES string of the molecule is CCCc1cc(C(=O)N(C)CC2CCOCC2)cc(N)n1. The highest BCUT2D eigenvalue weighted by atomic mass is 16.5. The molecule has 1 aromatic rings. The van der Waals surface area contributed by atoms with E-state index in [1.165, 1.54) is 0 Å². The van der Waals surface area contributed by atoms with Crippen LogP contribution in [0.25, 0.3) is 0 Å². The fourth-order valence-electron chi connectivity index (χ4n) is 2.74. The molecule has 0 saturated carbocycles. The monoisotopic (exact) mass is 291 g/mol. The molecule has 5 heteroatoms. The van der Waals surface area contributed by atoms with Gasteiger partial charge in [-0.2, -0.15) is 0 Å². The Kier molecular flexibility index (Phi) is 5.56. The van der Waals surface area contributed by atoms with Crippen LogP contribution in [0.4, 0.5) is 5.82 Å². The molecule has 1 saturated heterocycles. The Balaban J connectivity index is 2.03. The lowest BCUT2D eigenvalue weighted by atomic mass is 9.99. The number of hydrogen-bond donors (Lipinski definition) is 1. The van der Waals surface area contributed by atoms with Gasteiger partial charge in [0.25, 0.3) is 5.91 Å². The van der Waals surface area contributed by atoms with Gasteiger partial charge in [-0.15, -0.1) is 0 Å². The summed E-state index contributed by atoms with van der Waals surface area (Å²) in [5, 5.41) is 0. The fourth-order valence-corrected chi connectivity index (χ4v) is 2.74. The molecule has 0 aliphatic carbocycles. The molecule has 0 radical (unpaired) electrons. The average Bonchev–Trinajstić information content (AvgIpc) is 2.47. The van der Waals surface area contributed by atoms with E-state index < -0.39 is 0 Å². The molecule has 5 nitrogen and oxygen atoms in total. The van der Waals surface area contributed by atoms with Crippen LogP contribution in [0.2, 0.25) is 0 Å². The molecule has 0 unspecified atom stereocenters. The lowest BCUT2D eigenvalue weighted by molar-refractivity contribution is 0.0497. The molecule has 0 bridgehead atoms. The molecule has 2 heterocycles. The number of nitrogens with two attached hydrogens (primary N) is 1. The van der Waals surface area contributed by atoms with E-state index in [2.05, 4.69) is 11.9 Å². The Morgan fingerprint density at radius 2 is 2.14 bits per heavy atom. The third kappa shape index (κ3) is 4.43. The van der Waals surface area contributed by atoms with E-state index in [1.807, 2.05) is 13.1 Å². The molecule has 2 rings (SSSR count). The third-order valence-electron chi connectivity index (χ3n) is 3.87. The van der Waals surface area contributed by atoms with E-state index in [1.54, 1.807) is 11.0 Å². The maximum atomic E-state index is 12.5. The lowest BCUT2D eigenvalue weighted by Gasteiger charge is -2.27. The second kappa shape index (κ2) is 7.41. The number of nitrogens with zero attached hydrogens (tertiary/aromatic N) is 2. The normalized spacial score (nSPS) is 15.9. The highest BCUT2D eigenvalue weighted by Gasteiger charge is 2.20. The Morgan fingerprint density at radius 3 is 2.81 bits per heavy atom. The van der Waals surface area contributed by atoms with E-state index >= 15 is 0 Å². The highest BCUT2D eigenvalue weighted by molar-refractivity contribution is 5.94. The number of rotatable bonds is 5. The summed E-state index contributed by atoms with van der Waals surface area (Å²) in [6.07, 6.45) is 3.88. The molecule has 0 atom stereocenters. The van der Waals surface area contributed by atoms with Crippen molar-refractivity contribution >= 4 is 11.7 Å². The lowest BCUT2D eigenvalue weighted by Crippen LogP contribution is -2.34. The van der Waals surface area contributed by atoms with Crippen LogP contribution in [-0.4, -0.2) is 42.6 Å². The molecule has 1 aliphatic heterocycles. The molecule has 2 N–H and O–H groups in total. The first-order chi connectivity index (χ1) is 10.1. The van der Waals surface area contributed by atoms with Crippen LogP contribution in [0, 0.1) is 5.92 Å². The quantitative estimate of drug-likeness (QED) is 0.902. The summed E-state index contributed by atoms with van der Waals surface area (Å²) in [6.45, 7) is 4.46. The van der Waals surface area contributed by atoms with E-state index in [0.29, 0.717) is 17.3 Å². The van der Waals surface area contributed by atoms with Gasteiger partial charge in [-0.3, -0.25) is 4.79 Å². The number of ether oxygens (including phenoxy) is 1. The predicted molar refractivity (Wildman–Crippen MR) is 83.1 cm³/mol. The molecule has 1 fully saturated rings. The van der Waals surface area contributed by atoms with Gasteiger partial charge in [-0.25, -0.2) is 4.98 Å². The maximum Gasteiger partial charge on any atom is 0.253 e. The van der Waals surface area contributed by atoms with E-state index in [0.717, 1.165) is 51.1 Å². The number of carbonyl (C=O) groups is 1. The molecule has 1 aliphatic rings. The predicted octanol–water partition coefficient (Wildman–Crippen LogP) is 2.11. The summed E-state index contributed by atoms with van der Waals surface area (Å²) in [5.74, 6) is 0.971. The van der Waals surface area contributed by atoms with Crippen LogP contribution in [0.15, 0.2) is 12.1 Å². The third-order valence-corrected chi connectivity index (χ3v) is 3.87. The second-order valence-electron chi connectivity index (χ2n) is 5.76. The second-order valence-corrected chi connectivity index (χ2v) is 5.76. The largest absolute Gasteiger partial charge is 0.384 e. The van der Waals surface area contributed by atoms with Gasteiger partial charge in [0.15, 0.2) is 0 Å². The van der Waals surface area contributed by atoms with Gasteiger partial charge in [0, 0.05) is 38.1 Å². The Labute approximate surface area is 126 Å². The minimum Gasteiger partial charge on any atom is -0.384 e. The minimum absolute atomic E-state index is 0.0212. The fraction of sp³-hybridized carbons (Fsp3) is 0.625. The van der Waals surface area contributed by atoms with Crippen LogP contribution in [0.5, 0.6) is 0 Å². The van der Waals surface area contributed by atoms with Crippen LogP contribution in [0.3, 0.4) is 0 Å². The number of aryl methyl sites for hydroxylation is 1. The van der Waals surface area contributed by atoms with Gasteiger partial charge < -0.3 is 15.4 Å². The van der Waals surface area contributed by atoms with Gasteiger partial charge in [-0.05, 0) is 37.3 Å². The van der Waals surface area contributed by atoms with Gasteiger partial charge >= 0.3 is 0 Å². The first-order valence-electron chi connectivity index (χ1n) is 7.69. The van der Waals surface area contributed by atoms with E-state index in [-0.39, 0.29) is 5.91 Å².